The maximum Gasteiger partial charge on any atom is 0.0362 e. The van der Waals surface area contributed by atoms with Crippen LogP contribution in [0.15, 0.2) is 168 Å². The Bertz CT molecular complexity index is 3170. The zero-order valence-corrected chi connectivity index (χ0v) is 31.8. The first kappa shape index (κ1) is 30.3. The van der Waals surface area contributed by atoms with Crippen molar-refractivity contribution in [3.05, 3.63) is 168 Å². The lowest BCUT2D eigenvalue weighted by atomic mass is 9.86. The van der Waals surface area contributed by atoms with Gasteiger partial charge in [-0.2, -0.15) is 0 Å². The highest BCUT2D eigenvalue weighted by molar-refractivity contribution is 7.19. The van der Waals surface area contributed by atoms with E-state index in [1.807, 2.05) is 34.0 Å². The van der Waals surface area contributed by atoms with Crippen molar-refractivity contribution in [3.63, 3.8) is 0 Å². The molecule has 0 atom stereocenters. The molecular weight excluding hydrogens is 721 g/mol. The molecule has 0 fully saturated rings. The summed E-state index contributed by atoms with van der Waals surface area (Å²) in [5.74, 6) is 0. The highest BCUT2D eigenvalue weighted by Crippen LogP contribution is 2.61. The van der Waals surface area contributed by atoms with Gasteiger partial charge in [0, 0.05) is 64.0 Å². The molecule has 55 heavy (non-hydrogen) atoms. The molecule has 8 aromatic carbocycles. The smallest absolute Gasteiger partial charge is 0.0362 e. The highest BCUT2D eigenvalue weighted by atomic mass is 32.1. The van der Waals surface area contributed by atoms with E-state index < -0.39 is 0 Å². The first-order valence-electron chi connectivity index (χ1n) is 18.7. The molecule has 3 aromatic heterocycles. The molecule has 0 N–H and O–H groups in total. The molecule has 3 heterocycles. The topological polar surface area (TPSA) is 0 Å². The fourth-order valence-electron chi connectivity index (χ4n) is 9.94. The number of benzene rings is 8. The largest absolute Gasteiger partial charge is 0.144 e. The van der Waals surface area contributed by atoms with Gasteiger partial charge in [0.05, 0.1) is 0 Å². The van der Waals surface area contributed by atoms with Crippen LogP contribution in [0.3, 0.4) is 0 Å². The molecule has 0 saturated carbocycles. The Morgan fingerprint density at radius 1 is 0.255 bits per heavy atom. The predicted octanol–water partition coefficient (Wildman–Crippen LogP) is 16.4. The van der Waals surface area contributed by atoms with Gasteiger partial charge in [0.25, 0.3) is 0 Å². The summed E-state index contributed by atoms with van der Waals surface area (Å²) in [5.41, 5.74) is 16.2. The minimum atomic E-state index is 1.30. The maximum absolute atomic E-state index is 2.41. The molecule has 0 aliphatic heterocycles. The van der Waals surface area contributed by atoms with E-state index >= 15 is 0 Å². The summed E-state index contributed by atoms with van der Waals surface area (Å²) >= 11 is 5.62. The second-order valence-electron chi connectivity index (χ2n) is 14.6. The second kappa shape index (κ2) is 11.2. The number of rotatable bonds is 4. The average Bonchev–Trinajstić information content (AvgIpc) is 4.10. The van der Waals surface area contributed by atoms with Crippen LogP contribution in [0.4, 0.5) is 0 Å². The van der Waals surface area contributed by atoms with Gasteiger partial charge in [-0.05, 0) is 100 Å². The monoisotopic (exact) mass is 748 g/mol. The maximum atomic E-state index is 2.41. The van der Waals surface area contributed by atoms with Crippen LogP contribution in [-0.4, -0.2) is 0 Å². The average molecular weight is 749 g/mol. The molecule has 0 nitrogen and oxygen atoms in total. The van der Waals surface area contributed by atoms with Gasteiger partial charge in [-0.25, -0.2) is 0 Å². The van der Waals surface area contributed by atoms with E-state index in [0.717, 1.165) is 0 Å². The Morgan fingerprint density at radius 2 is 0.600 bits per heavy atom. The van der Waals surface area contributed by atoms with E-state index in [9.17, 15) is 0 Å². The zero-order valence-electron chi connectivity index (χ0n) is 29.4. The van der Waals surface area contributed by atoms with Crippen LogP contribution in [0, 0.1) is 0 Å². The van der Waals surface area contributed by atoms with E-state index in [0.29, 0.717) is 0 Å². The lowest BCUT2D eigenvalue weighted by Crippen LogP contribution is -1.91. The van der Waals surface area contributed by atoms with Crippen LogP contribution in [0.5, 0.6) is 0 Å². The fraction of sp³-hybridized carbons (Fsp3) is 0. The van der Waals surface area contributed by atoms with Gasteiger partial charge >= 0.3 is 0 Å². The molecule has 2 aliphatic rings. The normalized spacial score (nSPS) is 12.4. The summed E-state index contributed by atoms with van der Waals surface area (Å²) in [5, 5.41) is 15.0. The molecule has 0 radical (unpaired) electrons. The Labute approximate surface area is 329 Å². The Hall–Kier alpha value is -6.10. The van der Waals surface area contributed by atoms with E-state index in [1.54, 1.807) is 0 Å². The molecular formula is C52H28S3. The van der Waals surface area contributed by atoms with Crippen molar-refractivity contribution in [2.75, 3.05) is 0 Å². The summed E-state index contributed by atoms with van der Waals surface area (Å²) in [6, 6.07) is 59.4. The van der Waals surface area contributed by atoms with Gasteiger partial charge in [0.2, 0.25) is 0 Å². The van der Waals surface area contributed by atoms with E-state index in [1.165, 1.54) is 129 Å². The van der Waals surface area contributed by atoms with Crippen LogP contribution >= 0.6 is 34.0 Å². The third-order valence-corrected chi connectivity index (χ3v) is 14.8. The molecule has 0 spiro atoms. The van der Waals surface area contributed by atoms with Gasteiger partial charge in [0.15, 0.2) is 0 Å². The Kier molecular flexibility index (Phi) is 6.17. The van der Waals surface area contributed by atoms with Gasteiger partial charge in [-0.1, -0.05) is 133 Å². The summed E-state index contributed by atoms with van der Waals surface area (Å²) in [4.78, 5) is 5.24. The predicted molar refractivity (Wildman–Crippen MR) is 241 cm³/mol. The second-order valence-corrected chi connectivity index (χ2v) is 17.6. The summed E-state index contributed by atoms with van der Waals surface area (Å²) in [6.07, 6.45) is 0. The lowest BCUT2D eigenvalue weighted by Gasteiger charge is -2.19. The third-order valence-electron chi connectivity index (χ3n) is 12.0. The number of hydrogen-bond donors (Lipinski definition) is 0. The minimum absolute atomic E-state index is 1.30. The van der Waals surface area contributed by atoms with Gasteiger partial charge in [-0.3, -0.25) is 0 Å². The minimum Gasteiger partial charge on any atom is -0.144 e. The standard InChI is InChI=1S/C52H28S3/c1-3-17-33-31(15-1)45(39-23-9-27-53-39)49-35-19-5-11-29-13-7-21-37(43(29)35)51(49)47(33)41-25-26-42(55-41)48-34-18-4-2-16-32(34)46(40-24-10-28-54-40)50-36-20-6-12-30-14-8-22-38(44(30)36)52(48)50/h1-28H. The molecule has 0 bridgehead atoms. The number of hydrogen-bond acceptors (Lipinski definition) is 3. The van der Waals surface area contributed by atoms with Gasteiger partial charge < -0.3 is 0 Å². The van der Waals surface area contributed by atoms with E-state index in [-0.39, 0.29) is 0 Å². The van der Waals surface area contributed by atoms with Crippen molar-refractivity contribution in [1.82, 2.24) is 0 Å². The van der Waals surface area contributed by atoms with Crippen LogP contribution in [0.25, 0.3) is 129 Å². The van der Waals surface area contributed by atoms with Crippen molar-refractivity contribution in [3.8, 4) is 86.3 Å². The molecule has 0 saturated heterocycles. The summed E-state index contributed by atoms with van der Waals surface area (Å²) in [6.45, 7) is 0. The summed E-state index contributed by atoms with van der Waals surface area (Å²) < 4.78 is 0. The molecule has 11 aromatic rings. The lowest BCUT2D eigenvalue weighted by molar-refractivity contribution is 1.70. The van der Waals surface area contributed by atoms with Crippen molar-refractivity contribution >= 4 is 77.1 Å². The number of fused-ring (bicyclic) bond motifs is 8. The van der Waals surface area contributed by atoms with Crippen molar-refractivity contribution in [2.24, 2.45) is 0 Å². The van der Waals surface area contributed by atoms with Crippen LogP contribution in [0.1, 0.15) is 0 Å². The molecule has 2 aliphatic carbocycles. The fourth-order valence-corrected chi connectivity index (χ4v) is 12.7. The van der Waals surface area contributed by atoms with E-state index in [4.69, 9.17) is 0 Å². The van der Waals surface area contributed by atoms with Crippen LogP contribution in [0.2, 0.25) is 0 Å². The number of thiophene rings is 3. The highest BCUT2D eigenvalue weighted by Gasteiger charge is 2.33. The Morgan fingerprint density at radius 3 is 0.927 bits per heavy atom. The first-order valence-corrected chi connectivity index (χ1v) is 21.3. The van der Waals surface area contributed by atoms with Crippen LogP contribution < -0.4 is 0 Å². The quantitative estimate of drug-likeness (QED) is 0.168. The first-order chi connectivity index (χ1) is 27.3. The Balaban J connectivity index is 1.15. The zero-order chi connectivity index (χ0) is 35.8. The molecule has 0 unspecified atom stereocenters. The third kappa shape index (κ3) is 4.00. The van der Waals surface area contributed by atoms with E-state index in [2.05, 4.69) is 168 Å². The van der Waals surface area contributed by atoms with Gasteiger partial charge in [-0.15, -0.1) is 34.0 Å². The summed E-state index contributed by atoms with van der Waals surface area (Å²) in [7, 11) is 0. The molecule has 13 rings (SSSR count). The SMILES string of the molecule is c1csc(-c2c3c(c(-c4ccc(-c5c6c(c(-c7cccs7)c7ccccc57)-c5cccc7cccc-6c57)s4)c4ccccc24)-c2cccc4cccc-3c24)c1. The molecule has 3 heteroatoms. The van der Waals surface area contributed by atoms with Crippen molar-refractivity contribution < 1.29 is 0 Å². The van der Waals surface area contributed by atoms with Crippen LogP contribution in [-0.2, 0) is 0 Å². The van der Waals surface area contributed by atoms with Gasteiger partial charge in [0.1, 0.15) is 0 Å². The molecule has 254 valence electrons. The van der Waals surface area contributed by atoms with Crippen molar-refractivity contribution in [2.45, 2.75) is 0 Å². The van der Waals surface area contributed by atoms with Crippen molar-refractivity contribution in [1.29, 1.82) is 0 Å². The molecule has 0 amide bonds.